The first-order chi connectivity index (χ1) is 13.8. The first kappa shape index (κ1) is 25.3. The summed E-state index contributed by atoms with van der Waals surface area (Å²) in [5.41, 5.74) is -2.37. The monoisotopic (exact) mass is 434 g/mol. The lowest BCUT2D eigenvalue weighted by Gasteiger charge is -2.51. The zero-order valence-corrected chi connectivity index (χ0v) is 17.3. The number of aliphatic hydroxyl groups is 2. The minimum absolute atomic E-state index is 0.536. The third-order valence-electron chi connectivity index (χ3n) is 4.23. The molecule has 0 saturated heterocycles. The number of ether oxygens (including phenoxy) is 5. The third kappa shape index (κ3) is 6.13. The van der Waals surface area contributed by atoms with E-state index in [2.05, 4.69) is 0 Å². The van der Waals surface area contributed by atoms with Crippen LogP contribution in [0.1, 0.15) is 41.0 Å². The third-order valence-corrected chi connectivity index (χ3v) is 4.23. The summed E-state index contributed by atoms with van der Waals surface area (Å²) >= 11 is 0. The van der Waals surface area contributed by atoms with E-state index >= 15 is 0 Å². The molecule has 1 saturated carbocycles. The summed E-state index contributed by atoms with van der Waals surface area (Å²) in [6, 6.07) is 0. The molecule has 1 aliphatic carbocycles. The lowest BCUT2D eigenvalue weighted by molar-refractivity contribution is -0.288. The molecule has 1 rings (SSSR count). The summed E-state index contributed by atoms with van der Waals surface area (Å²) < 4.78 is 25.8. The summed E-state index contributed by atoms with van der Waals surface area (Å²) in [5.74, 6) is -4.50. The van der Waals surface area contributed by atoms with E-state index < -0.39 is 79.0 Å². The first-order valence-corrected chi connectivity index (χ1v) is 9.02. The molecular weight excluding hydrogens is 408 g/mol. The second-order valence-electron chi connectivity index (χ2n) is 6.75. The smallest absolute Gasteiger partial charge is 0.303 e. The molecule has 0 amide bonds. The molecule has 170 valence electrons. The van der Waals surface area contributed by atoms with Crippen molar-refractivity contribution in [3.8, 4) is 0 Å². The molecule has 12 heteroatoms. The Labute approximate surface area is 172 Å². The predicted molar refractivity (Wildman–Crippen MR) is 94.4 cm³/mol. The number of carbonyl (C=O) groups excluding carboxylic acids is 5. The quantitative estimate of drug-likeness (QED) is 0.361. The van der Waals surface area contributed by atoms with E-state index in [4.69, 9.17) is 23.7 Å². The van der Waals surface area contributed by atoms with E-state index in [1.807, 2.05) is 0 Å². The number of rotatable bonds is 7. The highest BCUT2D eigenvalue weighted by Gasteiger charge is 2.66. The molecule has 30 heavy (non-hydrogen) atoms. The van der Waals surface area contributed by atoms with Gasteiger partial charge in [-0.2, -0.15) is 0 Å². The van der Waals surface area contributed by atoms with Crippen LogP contribution in [0.25, 0.3) is 0 Å². The molecule has 0 bridgehead atoms. The average molecular weight is 434 g/mol. The van der Waals surface area contributed by atoms with Crippen molar-refractivity contribution in [3.05, 3.63) is 0 Å². The van der Waals surface area contributed by atoms with Crippen molar-refractivity contribution in [1.82, 2.24) is 0 Å². The normalized spacial score (nSPS) is 30.6. The summed E-state index contributed by atoms with van der Waals surface area (Å²) in [4.78, 5) is 58.5. The van der Waals surface area contributed by atoms with E-state index in [1.54, 1.807) is 0 Å². The molecule has 0 heterocycles. The highest BCUT2D eigenvalue weighted by molar-refractivity contribution is 5.70. The molecule has 12 nitrogen and oxygen atoms in total. The van der Waals surface area contributed by atoms with Gasteiger partial charge in [-0.05, 0) is 0 Å². The van der Waals surface area contributed by atoms with Crippen LogP contribution in [0.15, 0.2) is 0 Å². The summed E-state index contributed by atoms with van der Waals surface area (Å²) in [6.07, 6.45) is -8.93. The van der Waals surface area contributed by atoms with Gasteiger partial charge in [-0.25, -0.2) is 0 Å². The Morgan fingerprint density at radius 1 is 0.633 bits per heavy atom. The van der Waals surface area contributed by atoms with Crippen LogP contribution in [0, 0.1) is 0 Å². The second kappa shape index (κ2) is 10.3. The Morgan fingerprint density at radius 2 is 0.933 bits per heavy atom. The lowest BCUT2D eigenvalue weighted by Crippen LogP contribution is -2.74. The van der Waals surface area contributed by atoms with Crippen LogP contribution in [0.3, 0.4) is 0 Å². The maximum absolute atomic E-state index is 11.7. The van der Waals surface area contributed by atoms with E-state index in [-0.39, 0.29) is 0 Å². The minimum Gasteiger partial charge on any atom is -0.455 e. The van der Waals surface area contributed by atoms with Crippen molar-refractivity contribution in [3.63, 3.8) is 0 Å². The van der Waals surface area contributed by atoms with Gasteiger partial charge in [0.25, 0.3) is 0 Å². The van der Waals surface area contributed by atoms with Crippen molar-refractivity contribution in [2.75, 3.05) is 6.61 Å². The fourth-order valence-corrected chi connectivity index (χ4v) is 3.39. The van der Waals surface area contributed by atoms with Crippen LogP contribution in [0.5, 0.6) is 0 Å². The van der Waals surface area contributed by atoms with Gasteiger partial charge in [0.1, 0.15) is 5.60 Å². The molecule has 4 unspecified atom stereocenters. The van der Waals surface area contributed by atoms with Crippen molar-refractivity contribution >= 4 is 29.8 Å². The molecule has 0 aliphatic heterocycles. The summed E-state index contributed by atoms with van der Waals surface area (Å²) in [7, 11) is 0. The van der Waals surface area contributed by atoms with Gasteiger partial charge in [0.15, 0.2) is 30.5 Å². The van der Waals surface area contributed by atoms with Crippen LogP contribution >= 0.6 is 0 Å². The van der Waals surface area contributed by atoms with E-state index in [9.17, 15) is 34.2 Å². The van der Waals surface area contributed by atoms with Crippen molar-refractivity contribution in [2.24, 2.45) is 0 Å². The van der Waals surface area contributed by atoms with E-state index in [0.29, 0.717) is 0 Å². The van der Waals surface area contributed by atoms with Crippen LogP contribution in [-0.2, 0) is 47.7 Å². The zero-order chi connectivity index (χ0) is 23.2. The molecule has 0 aromatic rings. The number of carbonyl (C=O) groups is 5. The Balaban J connectivity index is 3.74. The molecular formula is C18H26O12. The maximum Gasteiger partial charge on any atom is 0.303 e. The highest BCUT2D eigenvalue weighted by Crippen LogP contribution is 2.40. The number of hydrogen-bond donors (Lipinski definition) is 2. The topological polar surface area (TPSA) is 172 Å². The maximum atomic E-state index is 11.7. The van der Waals surface area contributed by atoms with Gasteiger partial charge in [0.2, 0.25) is 0 Å². The van der Waals surface area contributed by atoms with E-state index in [1.165, 1.54) is 0 Å². The summed E-state index contributed by atoms with van der Waals surface area (Å²) in [5, 5.41) is 20.9. The number of aliphatic hydroxyl groups excluding tert-OH is 1. The Bertz CT molecular complexity index is 643. The number of esters is 5. The minimum atomic E-state index is -2.37. The molecule has 0 spiro atoms. The van der Waals surface area contributed by atoms with Gasteiger partial charge in [0, 0.05) is 47.6 Å². The van der Waals surface area contributed by atoms with Crippen LogP contribution in [0.2, 0.25) is 0 Å². The highest BCUT2D eigenvalue weighted by atomic mass is 16.7. The first-order valence-electron chi connectivity index (χ1n) is 9.02. The average Bonchev–Trinajstić information content (AvgIpc) is 2.57. The fraction of sp³-hybridized carbons (Fsp3) is 0.722. The molecule has 2 N–H and O–H groups in total. The molecule has 4 atom stereocenters. The Morgan fingerprint density at radius 3 is 1.20 bits per heavy atom. The zero-order valence-electron chi connectivity index (χ0n) is 17.3. The van der Waals surface area contributed by atoms with Gasteiger partial charge < -0.3 is 33.9 Å². The Kier molecular flexibility index (Phi) is 8.73. The van der Waals surface area contributed by atoms with Gasteiger partial charge in [0.05, 0.1) is 0 Å². The van der Waals surface area contributed by atoms with Crippen molar-refractivity contribution < 1.29 is 57.9 Å². The van der Waals surface area contributed by atoms with Crippen LogP contribution < -0.4 is 0 Å². The largest absolute Gasteiger partial charge is 0.455 e. The standard InChI is InChI=1S/C18H26O12/c1-8(20)26-13-14(27-9(2)21)16(29-11(4)23)18(25,6-7-19)17(30-12(5)24)15(13)28-10(3)22/h13-17,19,25H,6-7H2,1-5H3. The molecule has 1 fully saturated rings. The van der Waals surface area contributed by atoms with Gasteiger partial charge >= 0.3 is 29.8 Å². The van der Waals surface area contributed by atoms with Gasteiger partial charge in [-0.3, -0.25) is 24.0 Å². The van der Waals surface area contributed by atoms with Crippen LogP contribution in [-0.4, -0.2) is 82.8 Å². The molecule has 1 aliphatic rings. The van der Waals surface area contributed by atoms with E-state index in [0.717, 1.165) is 34.6 Å². The SMILES string of the molecule is CC(=O)OC1C(OC(C)=O)C(OC(C)=O)C(O)(CCO)C(OC(C)=O)C1OC(C)=O. The van der Waals surface area contributed by atoms with Gasteiger partial charge in [-0.15, -0.1) is 0 Å². The molecule has 0 aromatic carbocycles. The fourth-order valence-electron chi connectivity index (χ4n) is 3.39. The summed E-state index contributed by atoms with van der Waals surface area (Å²) in [6.45, 7) is 4.38. The Hall–Kier alpha value is -2.73. The van der Waals surface area contributed by atoms with Crippen LogP contribution in [0.4, 0.5) is 0 Å². The second-order valence-corrected chi connectivity index (χ2v) is 6.75. The van der Waals surface area contributed by atoms with Crippen molar-refractivity contribution in [1.29, 1.82) is 0 Å². The predicted octanol–water partition coefficient (Wildman–Crippen LogP) is -1.23. The number of hydrogen-bond acceptors (Lipinski definition) is 12. The molecule has 0 radical (unpaired) electrons. The lowest BCUT2D eigenvalue weighted by atomic mass is 9.72. The molecule has 0 aromatic heterocycles. The van der Waals surface area contributed by atoms with Gasteiger partial charge in [-0.1, -0.05) is 0 Å². The van der Waals surface area contributed by atoms with Crippen molar-refractivity contribution in [2.45, 2.75) is 77.2 Å².